The fourth-order valence-electron chi connectivity index (χ4n) is 5.41. The summed E-state index contributed by atoms with van der Waals surface area (Å²) in [5.41, 5.74) is 3.64. The van der Waals surface area contributed by atoms with Crippen LogP contribution in [-0.2, 0) is 11.2 Å². The van der Waals surface area contributed by atoms with Gasteiger partial charge in [-0.15, -0.1) is 0 Å². The number of carbonyl (C=O) groups excluding carboxylic acids is 2. The van der Waals surface area contributed by atoms with E-state index in [2.05, 4.69) is 0 Å². The van der Waals surface area contributed by atoms with Crippen molar-refractivity contribution in [1.29, 1.82) is 0 Å². The van der Waals surface area contributed by atoms with Crippen molar-refractivity contribution in [2.45, 2.75) is 18.8 Å². The van der Waals surface area contributed by atoms with Gasteiger partial charge < -0.3 is 28.4 Å². The molecule has 0 saturated heterocycles. The van der Waals surface area contributed by atoms with Gasteiger partial charge in [-0.3, -0.25) is 9.59 Å². The van der Waals surface area contributed by atoms with Crippen molar-refractivity contribution < 1.29 is 38.0 Å². The second-order valence-corrected chi connectivity index (χ2v) is 10.1. The first kappa shape index (κ1) is 27.9. The van der Waals surface area contributed by atoms with Gasteiger partial charge in [0.15, 0.2) is 17.3 Å². The van der Waals surface area contributed by atoms with E-state index in [4.69, 9.17) is 28.4 Å². The van der Waals surface area contributed by atoms with Gasteiger partial charge in [0.2, 0.25) is 5.78 Å². The average Bonchev–Trinajstić information content (AvgIpc) is 3.35. The van der Waals surface area contributed by atoms with Gasteiger partial charge in [0.1, 0.15) is 23.0 Å². The highest BCUT2D eigenvalue weighted by atomic mass is 16.5. The quantitative estimate of drug-likeness (QED) is 0.128. The Kier molecular flexibility index (Phi) is 7.75. The van der Waals surface area contributed by atoms with Gasteiger partial charge >= 0.3 is 5.97 Å². The van der Waals surface area contributed by atoms with Crippen LogP contribution in [0, 0.1) is 0 Å². The van der Waals surface area contributed by atoms with Gasteiger partial charge in [-0.05, 0) is 59.7 Å². The molecule has 0 saturated carbocycles. The van der Waals surface area contributed by atoms with Crippen molar-refractivity contribution in [3.63, 3.8) is 0 Å². The number of hydrogen-bond acceptors (Lipinski definition) is 8. The molecule has 8 nitrogen and oxygen atoms in total. The van der Waals surface area contributed by atoms with Crippen molar-refractivity contribution in [1.82, 2.24) is 0 Å². The van der Waals surface area contributed by atoms with Crippen LogP contribution in [0.5, 0.6) is 34.5 Å². The van der Waals surface area contributed by atoms with E-state index in [9.17, 15) is 9.59 Å². The summed E-state index contributed by atoms with van der Waals surface area (Å²) in [5, 5.41) is 0. The summed E-state index contributed by atoms with van der Waals surface area (Å²) in [5.74, 6) is 2.36. The van der Waals surface area contributed by atoms with E-state index in [1.54, 1.807) is 39.5 Å². The molecule has 0 amide bonds. The molecular weight excluding hydrogens is 548 g/mol. The number of hydrogen-bond donors (Lipinski definition) is 0. The van der Waals surface area contributed by atoms with Crippen LogP contribution < -0.4 is 28.4 Å². The number of benzene rings is 4. The average molecular weight is 579 g/mol. The molecule has 6 rings (SSSR count). The van der Waals surface area contributed by atoms with E-state index in [1.807, 2.05) is 66.7 Å². The summed E-state index contributed by atoms with van der Waals surface area (Å²) >= 11 is 0. The standard InChI is InChI=1S/C35H30O8/c1-38-23-11-7-21(8-12-23)17-18-41-34-25(5-4-6-29(34)40-3)27-20-31(36)42-28-16-15-26-33(37)30(43-35(26)32(27)28)19-22-9-13-24(39-2)14-10-22/h4-16,19,27H,17-18,20H2,1-3H3/b30-19-. The first-order valence-corrected chi connectivity index (χ1v) is 13.9. The Morgan fingerprint density at radius 2 is 1.53 bits per heavy atom. The Morgan fingerprint density at radius 1 is 0.814 bits per heavy atom. The number of methoxy groups -OCH3 is 3. The molecule has 8 heteroatoms. The van der Waals surface area contributed by atoms with E-state index in [0.717, 1.165) is 22.4 Å². The third-order valence-electron chi connectivity index (χ3n) is 7.59. The SMILES string of the molecule is COc1ccc(/C=C2\Oc3c(ccc4c3C(c3cccc(OC)c3OCCc3ccc(OC)cc3)CC(=O)O4)C2=O)cc1. The molecule has 0 radical (unpaired) electrons. The van der Waals surface area contributed by atoms with Crippen molar-refractivity contribution in [3.8, 4) is 34.5 Å². The van der Waals surface area contributed by atoms with Gasteiger partial charge in [-0.25, -0.2) is 0 Å². The minimum absolute atomic E-state index is 0.0422. The molecule has 2 heterocycles. The first-order valence-electron chi connectivity index (χ1n) is 13.9. The molecule has 4 aromatic carbocycles. The van der Waals surface area contributed by atoms with Crippen LogP contribution in [0.25, 0.3) is 6.08 Å². The molecule has 0 N–H and O–H groups in total. The lowest BCUT2D eigenvalue weighted by Crippen LogP contribution is -2.22. The second-order valence-electron chi connectivity index (χ2n) is 10.1. The van der Waals surface area contributed by atoms with Crippen LogP contribution in [0.4, 0.5) is 0 Å². The Bertz CT molecular complexity index is 1700. The Labute approximate surface area is 249 Å². The van der Waals surface area contributed by atoms with E-state index >= 15 is 0 Å². The molecule has 0 spiro atoms. The number of para-hydroxylation sites is 1. The predicted molar refractivity (Wildman–Crippen MR) is 160 cm³/mol. The summed E-state index contributed by atoms with van der Waals surface area (Å²) in [4.78, 5) is 26.2. The molecule has 43 heavy (non-hydrogen) atoms. The van der Waals surface area contributed by atoms with Crippen LogP contribution in [0.15, 0.2) is 84.6 Å². The molecule has 0 aromatic heterocycles. The van der Waals surface area contributed by atoms with E-state index in [0.29, 0.717) is 52.9 Å². The molecule has 4 aromatic rings. The lowest BCUT2D eigenvalue weighted by Gasteiger charge is -2.28. The number of rotatable bonds is 9. The van der Waals surface area contributed by atoms with Gasteiger partial charge in [-0.2, -0.15) is 0 Å². The third kappa shape index (κ3) is 5.51. The number of Topliss-reactive ketones (excluding diaryl/α,β-unsaturated/α-hetero) is 1. The third-order valence-corrected chi connectivity index (χ3v) is 7.59. The van der Waals surface area contributed by atoms with Gasteiger partial charge in [0.05, 0.1) is 39.9 Å². The zero-order valence-electron chi connectivity index (χ0n) is 24.0. The summed E-state index contributed by atoms with van der Waals surface area (Å²) in [6.45, 7) is 0.375. The molecule has 218 valence electrons. The van der Waals surface area contributed by atoms with Crippen molar-refractivity contribution >= 4 is 17.8 Å². The highest BCUT2D eigenvalue weighted by Gasteiger charge is 2.39. The number of esters is 1. The van der Waals surface area contributed by atoms with Crippen LogP contribution in [0.1, 0.15) is 45.0 Å². The molecule has 0 aliphatic carbocycles. The summed E-state index contributed by atoms with van der Waals surface area (Å²) in [7, 11) is 4.81. The molecule has 2 aliphatic rings. The lowest BCUT2D eigenvalue weighted by molar-refractivity contribution is -0.135. The van der Waals surface area contributed by atoms with Crippen LogP contribution in [0.2, 0.25) is 0 Å². The number of carbonyl (C=O) groups is 2. The fourth-order valence-corrected chi connectivity index (χ4v) is 5.41. The normalized spacial score (nSPS) is 16.2. The van der Waals surface area contributed by atoms with Crippen LogP contribution >= 0.6 is 0 Å². The van der Waals surface area contributed by atoms with Crippen LogP contribution in [-0.4, -0.2) is 39.7 Å². The highest BCUT2D eigenvalue weighted by molar-refractivity contribution is 6.15. The molecule has 1 unspecified atom stereocenters. The lowest BCUT2D eigenvalue weighted by atomic mass is 9.84. The maximum atomic E-state index is 13.4. The summed E-state index contributed by atoms with van der Waals surface area (Å²) in [6.07, 6.45) is 2.38. The number of ether oxygens (including phenoxy) is 6. The molecule has 2 aliphatic heterocycles. The minimum atomic E-state index is -0.495. The number of fused-ring (bicyclic) bond motifs is 3. The van der Waals surface area contributed by atoms with Gasteiger partial charge in [-0.1, -0.05) is 36.4 Å². The zero-order chi connectivity index (χ0) is 29.9. The molecular formula is C35H30O8. The Hall–Kier alpha value is -5.24. The monoisotopic (exact) mass is 578 g/mol. The molecule has 1 atom stereocenters. The second kappa shape index (κ2) is 11.9. The van der Waals surface area contributed by atoms with Crippen LogP contribution in [0.3, 0.4) is 0 Å². The number of allylic oxidation sites excluding steroid dienone is 1. The predicted octanol–water partition coefficient (Wildman–Crippen LogP) is 6.39. The molecule has 0 bridgehead atoms. The van der Waals surface area contributed by atoms with Crippen molar-refractivity contribution in [2.24, 2.45) is 0 Å². The minimum Gasteiger partial charge on any atom is -0.497 e. The Balaban J connectivity index is 1.34. The van der Waals surface area contributed by atoms with E-state index < -0.39 is 5.92 Å². The first-order chi connectivity index (χ1) is 21.0. The zero-order valence-corrected chi connectivity index (χ0v) is 24.0. The summed E-state index contributed by atoms with van der Waals surface area (Å²) < 4.78 is 34.4. The maximum absolute atomic E-state index is 13.4. The smallest absolute Gasteiger partial charge is 0.312 e. The van der Waals surface area contributed by atoms with Crippen molar-refractivity contribution in [2.75, 3.05) is 27.9 Å². The largest absolute Gasteiger partial charge is 0.497 e. The van der Waals surface area contributed by atoms with Crippen molar-refractivity contribution in [3.05, 3.63) is 112 Å². The van der Waals surface area contributed by atoms with E-state index in [1.165, 1.54) is 0 Å². The topological polar surface area (TPSA) is 89.5 Å². The number of ketones is 1. The highest BCUT2D eigenvalue weighted by Crippen LogP contribution is 2.51. The summed E-state index contributed by atoms with van der Waals surface area (Å²) in [6, 6.07) is 24.0. The van der Waals surface area contributed by atoms with Gasteiger partial charge in [0, 0.05) is 23.5 Å². The van der Waals surface area contributed by atoms with Gasteiger partial charge in [0.25, 0.3) is 0 Å². The fraction of sp³-hybridized carbons (Fsp3) is 0.200. The Morgan fingerprint density at radius 3 is 2.23 bits per heavy atom. The van der Waals surface area contributed by atoms with E-state index in [-0.39, 0.29) is 23.9 Å². The molecule has 0 fully saturated rings. The maximum Gasteiger partial charge on any atom is 0.312 e.